The van der Waals surface area contributed by atoms with E-state index in [4.69, 9.17) is 5.73 Å². The number of nitrogens with one attached hydrogen (secondary N) is 2. The second-order valence-electron chi connectivity index (χ2n) is 4.88. The zero-order valence-electron chi connectivity index (χ0n) is 12.7. The zero-order valence-corrected chi connectivity index (χ0v) is 13.5. The van der Waals surface area contributed by atoms with E-state index in [9.17, 15) is 9.59 Å². The number of amides is 2. The lowest BCUT2D eigenvalue weighted by Crippen LogP contribution is -2.25. The van der Waals surface area contributed by atoms with Gasteiger partial charge in [-0.25, -0.2) is 4.98 Å². The summed E-state index contributed by atoms with van der Waals surface area (Å²) in [4.78, 5) is 28.2. The number of rotatable bonds is 5. The number of aryl methyl sites for hydroxylation is 1. The van der Waals surface area contributed by atoms with Crippen molar-refractivity contribution in [2.24, 2.45) is 5.73 Å². The van der Waals surface area contributed by atoms with Crippen LogP contribution in [-0.2, 0) is 6.54 Å². The van der Waals surface area contributed by atoms with E-state index in [0.29, 0.717) is 28.9 Å². The van der Waals surface area contributed by atoms with Gasteiger partial charge in [0.25, 0.3) is 5.91 Å². The molecule has 0 bridgehead atoms. The molecule has 0 aliphatic carbocycles. The van der Waals surface area contributed by atoms with Gasteiger partial charge in [0.1, 0.15) is 5.01 Å². The lowest BCUT2D eigenvalue weighted by Gasteiger charge is -2.12. The standard InChI is InChI=1S/C15H18N4O2S/c1-8-7-22-13(19-8)6-18-15(21)12-5-10(17-3)4-11(9(12)2)14(16)20/h4-5,7,17H,6H2,1-3H3,(H2,16,20)(H,18,21). The Balaban J connectivity index is 2.24. The topological polar surface area (TPSA) is 97.1 Å². The van der Waals surface area contributed by atoms with E-state index in [1.54, 1.807) is 26.1 Å². The third-order valence-corrected chi connectivity index (χ3v) is 4.24. The predicted octanol–water partition coefficient (Wildman–Crippen LogP) is 1.83. The molecule has 2 amide bonds. The zero-order chi connectivity index (χ0) is 16.3. The van der Waals surface area contributed by atoms with Crippen LogP contribution >= 0.6 is 11.3 Å². The third-order valence-electron chi connectivity index (χ3n) is 3.27. The summed E-state index contributed by atoms with van der Waals surface area (Å²) in [6.07, 6.45) is 0. The molecule has 0 spiro atoms. The number of hydrogen-bond donors (Lipinski definition) is 3. The molecular formula is C15H18N4O2S. The van der Waals surface area contributed by atoms with Gasteiger partial charge in [-0.15, -0.1) is 11.3 Å². The Labute approximate surface area is 132 Å². The van der Waals surface area contributed by atoms with Gasteiger partial charge in [0, 0.05) is 34.9 Å². The fourth-order valence-electron chi connectivity index (χ4n) is 2.09. The molecule has 0 aliphatic heterocycles. The Bertz CT molecular complexity index is 724. The molecule has 22 heavy (non-hydrogen) atoms. The van der Waals surface area contributed by atoms with Crippen LogP contribution in [0.3, 0.4) is 0 Å². The molecule has 0 atom stereocenters. The van der Waals surface area contributed by atoms with E-state index in [0.717, 1.165) is 10.7 Å². The maximum Gasteiger partial charge on any atom is 0.251 e. The van der Waals surface area contributed by atoms with E-state index in [-0.39, 0.29) is 5.91 Å². The molecule has 4 N–H and O–H groups in total. The Kier molecular flexibility index (Phi) is 4.77. The number of primary amides is 1. The Morgan fingerprint density at radius 3 is 2.50 bits per heavy atom. The molecular weight excluding hydrogens is 300 g/mol. The highest BCUT2D eigenvalue weighted by atomic mass is 32.1. The molecule has 1 aromatic heterocycles. The fourth-order valence-corrected chi connectivity index (χ4v) is 2.80. The van der Waals surface area contributed by atoms with Crippen LogP contribution in [-0.4, -0.2) is 23.8 Å². The minimum Gasteiger partial charge on any atom is -0.388 e. The summed E-state index contributed by atoms with van der Waals surface area (Å²) < 4.78 is 0. The predicted molar refractivity (Wildman–Crippen MR) is 87.3 cm³/mol. The number of carbonyl (C=O) groups excluding carboxylic acids is 2. The molecule has 116 valence electrons. The van der Waals surface area contributed by atoms with Crippen molar-refractivity contribution in [2.45, 2.75) is 20.4 Å². The summed E-state index contributed by atoms with van der Waals surface area (Å²) in [5, 5.41) is 8.51. The van der Waals surface area contributed by atoms with Gasteiger partial charge < -0.3 is 16.4 Å². The minimum absolute atomic E-state index is 0.259. The van der Waals surface area contributed by atoms with Crippen molar-refractivity contribution in [3.63, 3.8) is 0 Å². The number of nitrogens with two attached hydrogens (primary N) is 1. The maximum atomic E-state index is 12.4. The van der Waals surface area contributed by atoms with Gasteiger partial charge in [0.2, 0.25) is 5.91 Å². The second-order valence-corrected chi connectivity index (χ2v) is 5.82. The Morgan fingerprint density at radius 1 is 1.27 bits per heavy atom. The van der Waals surface area contributed by atoms with Crippen LogP contribution in [0.25, 0.3) is 0 Å². The number of benzene rings is 1. The molecule has 2 rings (SSSR count). The summed E-state index contributed by atoms with van der Waals surface area (Å²) in [6.45, 7) is 3.97. The van der Waals surface area contributed by atoms with Crippen molar-refractivity contribution in [3.8, 4) is 0 Å². The van der Waals surface area contributed by atoms with Crippen LogP contribution in [0.15, 0.2) is 17.5 Å². The molecule has 0 radical (unpaired) electrons. The summed E-state index contributed by atoms with van der Waals surface area (Å²) in [6, 6.07) is 3.34. The largest absolute Gasteiger partial charge is 0.388 e. The first-order valence-electron chi connectivity index (χ1n) is 6.73. The number of aromatic nitrogens is 1. The number of anilines is 1. The van der Waals surface area contributed by atoms with Crippen LogP contribution in [0, 0.1) is 13.8 Å². The van der Waals surface area contributed by atoms with E-state index in [1.807, 2.05) is 12.3 Å². The van der Waals surface area contributed by atoms with Crippen LogP contribution in [0.5, 0.6) is 0 Å². The van der Waals surface area contributed by atoms with Gasteiger partial charge >= 0.3 is 0 Å². The van der Waals surface area contributed by atoms with Gasteiger partial charge in [-0.2, -0.15) is 0 Å². The van der Waals surface area contributed by atoms with Gasteiger partial charge in [-0.1, -0.05) is 0 Å². The number of carbonyl (C=O) groups is 2. The first-order chi connectivity index (χ1) is 10.4. The van der Waals surface area contributed by atoms with E-state index in [1.165, 1.54) is 11.3 Å². The smallest absolute Gasteiger partial charge is 0.251 e. The number of nitrogens with zero attached hydrogens (tertiary/aromatic N) is 1. The normalized spacial score (nSPS) is 10.3. The highest BCUT2D eigenvalue weighted by Gasteiger charge is 2.16. The lowest BCUT2D eigenvalue weighted by molar-refractivity contribution is 0.0950. The first kappa shape index (κ1) is 16.0. The van der Waals surface area contributed by atoms with Gasteiger partial charge in [-0.05, 0) is 31.5 Å². The lowest BCUT2D eigenvalue weighted by atomic mass is 10.00. The number of thiazole rings is 1. The van der Waals surface area contributed by atoms with Gasteiger partial charge in [0.05, 0.1) is 6.54 Å². The van der Waals surface area contributed by atoms with Crippen molar-refractivity contribution in [1.29, 1.82) is 0 Å². The summed E-state index contributed by atoms with van der Waals surface area (Å²) in [5.41, 5.74) is 8.29. The molecule has 1 heterocycles. The molecule has 0 saturated carbocycles. The Morgan fingerprint density at radius 2 is 1.95 bits per heavy atom. The van der Waals surface area contributed by atoms with Crippen molar-refractivity contribution >= 4 is 28.8 Å². The quantitative estimate of drug-likeness (QED) is 0.783. The van der Waals surface area contributed by atoms with Gasteiger partial charge in [0.15, 0.2) is 0 Å². The first-order valence-corrected chi connectivity index (χ1v) is 7.61. The summed E-state index contributed by atoms with van der Waals surface area (Å²) in [7, 11) is 1.72. The van der Waals surface area contributed by atoms with Crippen molar-refractivity contribution in [2.75, 3.05) is 12.4 Å². The van der Waals surface area contributed by atoms with Gasteiger partial charge in [-0.3, -0.25) is 9.59 Å². The summed E-state index contributed by atoms with van der Waals surface area (Å²) >= 11 is 1.49. The monoisotopic (exact) mass is 318 g/mol. The average Bonchev–Trinajstić information content (AvgIpc) is 2.90. The van der Waals surface area contributed by atoms with E-state index in [2.05, 4.69) is 15.6 Å². The van der Waals surface area contributed by atoms with Crippen LogP contribution in [0.4, 0.5) is 5.69 Å². The third kappa shape index (κ3) is 3.43. The second kappa shape index (κ2) is 6.57. The van der Waals surface area contributed by atoms with Crippen molar-refractivity contribution in [3.05, 3.63) is 44.9 Å². The fraction of sp³-hybridized carbons (Fsp3) is 0.267. The Hall–Kier alpha value is -2.41. The molecule has 7 heteroatoms. The van der Waals surface area contributed by atoms with Crippen molar-refractivity contribution in [1.82, 2.24) is 10.3 Å². The summed E-state index contributed by atoms with van der Waals surface area (Å²) in [5.74, 6) is -0.816. The van der Waals surface area contributed by atoms with E-state index < -0.39 is 5.91 Å². The SMILES string of the molecule is CNc1cc(C(N)=O)c(C)c(C(=O)NCc2nc(C)cs2)c1. The average molecular weight is 318 g/mol. The highest BCUT2D eigenvalue weighted by Crippen LogP contribution is 2.20. The van der Waals surface area contributed by atoms with E-state index >= 15 is 0 Å². The minimum atomic E-state index is -0.556. The molecule has 2 aromatic rings. The van der Waals surface area contributed by atoms with Crippen LogP contribution in [0.1, 0.15) is 37.0 Å². The molecule has 1 aromatic carbocycles. The molecule has 6 nitrogen and oxygen atoms in total. The number of hydrogen-bond acceptors (Lipinski definition) is 5. The molecule has 0 unspecified atom stereocenters. The van der Waals surface area contributed by atoms with Crippen LogP contribution in [0.2, 0.25) is 0 Å². The molecule has 0 aliphatic rings. The maximum absolute atomic E-state index is 12.4. The highest BCUT2D eigenvalue weighted by molar-refractivity contribution is 7.09. The molecule has 0 saturated heterocycles. The van der Waals surface area contributed by atoms with Crippen molar-refractivity contribution < 1.29 is 9.59 Å². The molecule has 0 fully saturated rings. The van der Waals surface area contributed by atoms with Crippen LogP contribution < -0.4 is 16.4 Å².